The number of aromatic nitrogens is 3. The Morgan fingerprint density at radius 3 is 1.68 bits per heavy atom. The number of nitrogens with zero attached hydrogens (tertiary/aromatic N) is 3. The molecule has 0 spiro atoms. The van der Waals surface area contributed by atoms with Gasteiger partial charge in [-0.25, -0.2) is 15.0 Å². The molecule has 10 rings (SSSR count). The largest absolute Gasteiger partial charge is 0.456 e. The molecule has 0 N–H and O–H groups in total. The van der Waals surface area contributed by atoms with E-state index in [0.717, 1.165) is 49.8 Å². The zero-order chi connectivity index (χ0) is 33.0. The van der Waals surface area contributed by atoms with Crippen LogP contribution in [-0.2, 0) is 0 Å². The van der Waals surface area contributed by atoms with Crippen molar-refractivity contribution < 1.29 is 4.42 Å². The Bertz CT molecular complexity index is 2860. The molecule has 10 aromatic rings. The topological polar surface area (TPSA) is 51.8 Å². The second kappa shape index (κ2) is 11.6. The van der Waals surface area contributed by atoms with E-state index in [-0.39, 0.29) is 0 Å². The van der Waals surface area contributed by atoms with Crippen molar-refractivity contribution in [2.24, 2.45) is 0 Å². The van der Waals surface area contributed by atoms with Crippen molar-refractivity contribution in [2.75, 3.05) is 0 Å². The van der Waals surface area contributed by atoms with Crippen molar-refractivity contribution >= 4 is 53.4 Å². The van der Waals surface area contributed by atoms with Crippen LogP contribution in [0.15, 0.2) is 168 Å². The third kappa shape index (κ3) is 4.87. The van der Waals surface area contributed by atoms with Crippen LogP contribution in [-0.4, -0.2) is 15.0 Å². The van der Waals surface area contributed by atoms with Gasteiger partial charge in [0.25, 0.3) is 0 Å². The molecule has 0 bridgehead atoms. The van der Waals surface area contributed by atoms with Gasteiger partial charge >= 0.3 is 0 Å². The molecule has 0 atom stereocenters. The molecule has 4 nitrogen and oxygen atoms in total. The number of hydrogen-bond acceptors (Lipinski definition) is 5. The SMILES string of the molecule is c1ccc(-c2ccc3sc4cc(-c5nc(-c6ccccc6)nc(-c6cccc7oc8ccc(-c9ccccc9)cc8c67)n5)ccc4c3c2)cc1. The van der Waals surface area contributed by atoms with E-state index in [0.29, 0.717) is 17.5 Å². The Kier molecular flexibility index (Phi) is 6.64. The highest BCUT2D eigenvalue weighted by Gasteiger charge is 2.19. The summed E-state index contributed by atoms with van der Waals surface area (Å²) < 4.78 is 8.83. The van der Waals surface area contributed by atoms with Crippen LogP contribution in [0.2, 0.25) is 0 Å². The highest BCUT2D eigenvalue weighted by atomic mass is 32.1. The Balaban J connectivity index is 1.15. The van der Waals surface area contributed by atoms with E-state index in [9.17, 15) is 0 Å². The van der Waals surface area contributed by atoms with Crippen molar-refractivity contribution in [3.05, 3.63) is 164 Å². The first-order valence-electron chi connectivity index (χ1n) is 16.6. The van der Waals surface area contributed by atoms with Gasteiger partial charge in [-0.3, -0.25) is 0 Å². The minimum absolute atomic E-state index is 0.608. The fourth-order valence-electron chi connectivity index (χ4n) is 6.89. The first-order chi connectivity index (χ1) is 24.7. The smallest absolute Gasteiger partial charge is 0.164 e. The van der Waals surface area contributed by atoms with Gasteiger partial charge in [-0.1, -0.05) is 127 Å². The van der Waals surface area contributed by atoms with E-state index >= 15 is 0 Å². The highest BCUT2D eigenvalue weighted by molar-refractivity contribution is 7.25. The van der Waals surface area contributed by atoms with Crippen molar-refractivity contribution in [1.82, 2.24) is 15.0 Å². The third-order valence-corrected chi connectivity index (χ3v) is 10.5. The van der Waals surface area contributed by atoms with Gasteiger partial charge in [0, 0.05) is 47.6 Å². The Labute approximate surface area is 292 Å². The predicted molar refractivity (Wildman–Crippen MR) is 207 cm³/mol. The van der Waals surface area contributed by atoms with E-state index in [4.69, 9.17) is 19.4 Å². The first kappa shape index (κ1) is 28.6. The van der Waals surface area contributed by atoms with E-state index in [1.807, 2.05) is 48.5 Å². The maximum absolute atomic E-state index is 6.38. The zero-order valence-electron chi connectivity index (χ0n) is 26.7. The molecule has 0 saturated heterocycles. The van der Waals surface area contributed by atoms with Crippen LogP contribution in [0.5, 0.6) is 0 Å². The van der Waals surface area contributed by atoms with Crippen LogP contribution in [0, 0.1) is 0 Å². The van der Waals surface area contributed by atoms with Crippen molar-refractivity contribution in [1.29, 1.82) is 0 Å². The van der Waals surface area contributed by atoms with Gasteiger partial charge in [-0.15, -0.1) is 11.3 Å². The molecular weight excluding hydrogens is 631 g/mol. The number of hydrogen-bond donors (Lipinski definition) is 0. The van der Waals surface area contributed by atoms with Crippen molar-refractivity contribution in [3.8, 4) is 56.4 Å². The molecule has 0 amide bonds. The van der Waals surface area contributed by atoms with Crippen molar-refractivity contribution in [3.63, 3.8) is 0 Å². The molecule has 0 fully saturated rings. The maximum atomic E-state index is 6.38. The number of furan rings is 1. The van der Waals surface area contributed by atoms with E-state index < -0.39 is 0 Å². The average Bonchev–Trinajstić information content (AvgIpc) is 3.76. The molecule has 0 aliphatic heterocycles. The Morgan fingerprint density at radius 1 is 0.360 bits per heavy atom. The molecule has 5 heteroatoms. The average molecular weight is 658 g/mol. The van der Waals surface area contributed by atoms with Gasteiger partial charge in [0.05, 0.1) is 0 Å². The number of fused-ring (bicyclic) bond motifs is 6. The van der Waals surface area contributed by atoms with Crippen LogP contribution in [0.25, 0.3) is 98.5 Å². The highest BCUT2D eigenvalue weighted by Crippen LogP contribution is 2.40. The lowest BCUT2D eigenvalue weighted by Gasteiger charge is -2.09. The van der Waals surface area contributed by atoms with E-state index in [1.54, 1.807) is 11.3 Å². The summed E-state index contributed by atoms with van der Waals surface area (Å²) in [6.07, 6.45) is 0. The van der Waals surface area contributed by atoms with Crippen LogP contribution in [0.4, 0.5) is 0 Å². The monoisotopic (exact) mass is 657 g/mol. The first-order valence-corrected chi connectivity index (χ1v) is 17.4. The van der Waals surface area contributed by atoms with Gasteiger partial charge in [-0.05, 0) is 58.7 Å². The second-order valence-electron chi connectivity index (χ2n) is 12.4. The standard InChI is InChI=1S/C45H27N3OS/c1-4-11-28(12-5-1)31-20-23-38-37(26-31)42-35(17-10-18-39(42)49-38)45-47-43(30-15-8-3-9-16-30)46-44(48-45)33-19-22-34-36-25-32(29-13-6-2-7-14-29)21-24-40(36)50-41(34)27-33/h1-27H. The molecule has 50 heavy (non-hydrogen) atoms. The predicted octanol–water partition coefficient (Wildman–Crippen LogP) is 12.5. The minimum atomic E-state index is 0.608. The molecule has 234 valence electrons. The summed E-state index contributed by atoms with van der Waals surface area (Å²) in [5.41, 5.74) is 9.13. The fraction of sp³-hybridized carbons (Fsp3) is 0. The summed E-state index contributed by atoms with van der Waals surface area (Å²) in [7, 11) is 0. The van der Waals surface area contributed by atoms with Crippen LogP contribution < -0.4 is 0 Å². The number of thiophene rings is 1. The van der Waals surface area contributed by atoms with Crippen LogP contribution in [0.1, 0.15) is 0 Å². The quantitative estimate of drug-likeness (QED) is 0.185. The van der Waals surface area contributed by atoms with Gasteiger partial charge in [-0.2, -0.15) is 0 Å². The second-order valence-corrected chi connectivity index (χ2v) is 13.5. The summed E-state index contributed by atoms with van der Waals surface area (Å²) >= 11 is 1.80. The van der Waals surface area contributed by atoms with Crippen molar-refractivity contribution in [2.45, 2.75) is 0 Å². The molecule has 0 aliphatic rings. The lowest BCUT2D eigenvalue weighted by Crippen LogP contribution is -2.00. The Hall–Kier alpha value is -6.43. The normalized spacial score (nSPS) is 11.6. The number of benzene rings is 7. The minimum Gasteiger partial charge on any atom is -0.456 e. The summed E-state index contributed by atoms with van der Waals surface area (Å²) in [5, 5.41) is 4.51. The van der Waals surface area contributed by atoms with E-state index in [2.05, 4.69) is 115 Å². The summed E-state index contributed by atoms with van der Waals surface area (Å²) in [6.45, 7) is 0. The van der Waals surface area contributed by atoms with Gasteiger partial charge in [0.15, 0.2) is 17.5 Å². The van der Waals surface area contributed by atoms with Crippen LogP contribution >= 0.6 is 11.3 Å². The molecule has 0 saturated carbocycles. The third-order valence-electron chi connectivity index (χ3n) is 9.35. The Morgan fingerprint density at radius 2 is 0.960 bits per heavy atom. The van der Waals surface area contributed by atoms with Crippen LogP contribution in [0.3, 0.4) is 0 Å². The molecule has 0 aliphatic carbocycles. The number of rotatable bonds is 5. The molecule has 0 radical (unpaired) electrons. The molecule has 3 aromatic heterocycles. The maximum Gasteiger partial charge on any atom is 0.164 e. The lowest BCUT2D eigenvalue weighted by atomic mass is 10.0. The lowest BCUT2D eigenvalue weighted by molar-refractivity contribution is 0.669. The summed E-state index contributed by atoms with van der Waals surface area (Å²) in [6, 6.07) is 56.9. The molecular formula is C45H27N3OS. The van der Waals surface area contributed by atoms with Gasteiger partial charge in [0.2, 0.25) is 0 Å². The molecule has 0 unspecified atom stereocenters. The fourth-order valence-corrected chi connectivity index (χ4v) is 8.02. The summed E-state index contributed by atoms with van der Waals surface area (Å²) in [4.78, 5) is 15.3. The van der Waals surface area contributed by atoms with E-state index in [1.165, 1.54) is 31.3 Å². The van der Waals surface area contributed by atoms with Gasteiger partial charge < -0.3 is 4.42 Å². The molecule has 3 heterocycles. The summed E-state index contributed by atoms with van der Waals surface area (Å²) in [5.74, 6) is 1.87. The van der Waals surface area contributed by atoms with Gasteiger partial charge in [0.1, 0.15) is 11.2 Å². The molecule has 7 aromatic carbocycles. The zero-order valence-corrected chi connectivity index (χ0v) is 27.6.